The zero-order valence-electron chi connectivity index (χ0n) is 15.9. The van der Waals surface area contributed by atoms with Crippen molar-refractivity contribution in [1.29, 1.82) is 0 Å². The number of amides is 2. The van der Waals surface area contributed by atoms with Crippen molar-refractivity contribution in [2.75, 3.05) is 13.1 Å². The minimum atomic E-state index is -0.588. The van der Waals surface area contributed by atoms with Gasteiger partial charge in [-0.1, -0.05) is 13.8 Å². The van der Waals surface area contributed by atoms with Gasteiger partial charge in [0.1, 0.15) is 11.5 Å². The molecule has 1 fully saturated rings. The highest BCUT2D eigenvalue weighted by Crippen LogP contribution is 2.19. The fraction of sp³-hybridized carbons (Fsp3) is 0.600. The molecule has 0 spiro atoms. The molecule has 1 saturated heterocycles. The summed E-state index contributed by atoms with van der Waals surface area (Å²) in [4.78, 5) is 26.6. The fourth-order valence-electron chi connectivity index (χ4n) is 3.26. The van der Waals surface area contributed by atoms with Crippen LogP contribution in [0.25, 0.3) is 0 Å². The maximum atomic E-state index is 12.6. The Morgan fingerprint density at radius 1 is 1.19 bits per heavy atom. The molecule has 0 radical (unpaired) electrons. The van der Waals surface area contributed by atoms with Crippen molar-refractivity contribution in [3.05, 3.63) is 24.3 Å². The lowest BCUT2D eigenvalue weighted by Crippen LogP contribution is -2.50. The summed E-state index contributed by atoms with van der Waals surface area (Å²) in [6, 6.07) is 6.47. The van der Waals surface area contributed by atoms with Crippen molar-refractivity contribution < 1.29 is 19.4 Å². The Morgan fingerprint density at radius 3 is 2.31 bits per heavy atom. The van der Waals surface area contributed by atoms with Crippen molar-refractivity contribution in [2.24, 2.45) is 5.92 Å². The number of ether oxygens (including phenoxy) is 1. The third-order valence-corrected chi connectivity index (χ3v) is 5.01. The first-order chi connectivity index (χ1) is 12.4. The van der Waals surface area contributed by atoms with Gasteiger partial charge in [0.25, 0.3) is 5.91 Å². The van der Waals surface area contributed by atoms with Crippen LogP contribution in [0, 0.1) is 5.92 Å². The number of hydrogen-bond donors (Lipinski definition) is 2. The van der Waals surface area contributed by atoms with Crippen LogP contribution in [0.2, 0.25) is 0 Å². The van der Waals surface area contributed by atoms with Crippen LogP contribution in [0.5, 0.6) is 11.5 Å². The molecule has 2 N–H and O–H groups in total. The molecule has 1 aliphatic rings. The van der Waals surface area contributed by atoms with Gasteiger partial charge in [-0.15, -0.1) is 0 Å². The van der Waals surface area contributed by atoms with Crippen LogP contribution in [0.1, 0.15) is 46.5 Å². The number of aromatic hydroxyl groups is 1. The van der Waals surface area contributed by atoms with Crippen LogP contribution in [0.15, 0.2) is 24.3 Å². The number of phenols is 1. The van der Waals surface area contributed by atoms with Gasteiger partial charge in [0, 0.05) is 25.0 Å². The molecular weight excluding hydrogens is 332 g/mol. The standard InChI is InChI=1S/C20H30N2O4/c1-4-15(5-2)19(24)21-16-10-12-22(13-11-16)20(25)14(3)26-18-8-6-17(23)7-9-18/h6-9,14-16,23H,4-5,10-13H2,1-3H3,(H,21,24). The monoisotopic (exact) mass is 362 g/mol. The van der Waals surface area contributed by atoms with Crippen molar-refractivity contribution in [3.8, 4) is 11.5 Å². The van der Waals surface area contributed by atoms with Crippen LogP contribution < -0.4 is 10.1 Å². The van der Waals surface area contributed by atoms with E-state index in [0.29, 0.717) is 18.8 Å². The minimum Gasteiger partial charge on any atom is -0.508 e. The van der Waals surface area contributed by atoms with Gasteiger partial charge in [-0.25, -0.2) is 0 Å². The second-order valence-corrected chi connectivity index (χ2v) is 6.88. The number of likely N-dealkylation sites (tertiary alicyclic amines) is 1. The lowest BCUT2D eigenvalue weighted by Gasteiger charge is -2.34. The second-order valence-electron chi connectivity index (χ2n) is 6.88. The number of benzene rings is 1. The molecule has 1 aromatic rings. The summed E-state index contributed by atoms with van der Waals surface area (Å²) >= 11 is 0. The van der Waals surface area contributed by atoms with E-state index in [9.17, 15) is 14.7 Å². The molecule has 0 aliphatic carbocycles. The fourth-order valence-corrected chi connectivity index (χ4v) is 3.26. The van der Waals surface area contributed by atoms with Crippen LogP contribution >= 0.6 is 0 Å². The highest BCUT2D eigenvalue weighted by molar-refractivity contribution is 5.81. The third kappa shape index (κ3) is 5.38. The Balaban J connectivity index is 1.80. The Bertz CT molecular complexity index is 590. The van der Waals surface area contributed by atoms with Gasteiger partial charge in [-0.05, 0) is 56.9 Å². The van der Waals surface area contributed by atoms with E-state index in [1.807, 2.05) is 13.8 Å². The van der Waals surface area contributed by atoms with E-state index in [0.717, 1.165) is 25.7 Å². The molecule has 26 heavy (non-hydrogen) atoms. The first-order valence-electron chi connectivity index (χ1n) is 9.49. The summed E-state index contributed by atoms with van der Waals surface area (Å²) in [5, 5.41) is 12.4. The van der Waals surface area contributed by atoms with E-state index >= 15 is 0 Å². The first-order valence-corrected chi connectivity index (χ1v) is 9.49. The predicted octanol–water partition coefficient (Wildman–Crippen LogP) is 2.70. The molecule has 0 saturated carbocycles. The molecule has 2 amide bonds. The van der Waals surface area contributed by atoms with Crippen LogP contribution in [-0.2, 0) is 9.59 Å². The molecule has 1 unspecified atom stereocenters. The van der Waals surface area contributed by atoms with Gasteiger partial charge in [0.05, 0.1) is 0 Å². The maximum absolute atomic E-state index is 12.6. The summed E-state index contributed by atoms with van der Waals surface area (Å²) in [5.74, 6) is 0.866. The second kappa shape index (κ2) is 9.46. The van der Waals surface area contributed by atoms with E-state index in [-0.39, 0.29) is 29.5 Å². The zero-order chi connectivity index (χ0) is 19.1. The predicted molar refractivity (Wildman–Crippen MR) is 100 cm³/mol. The van der Waals surface area contributed by atoms with Gasteiger partial charge in [0.15, 0.2) is 6.10 Å². The summed E-state index contributed by atoms with van der Waals surface area (Å²) in [7, 11) is 0. The number of nitrogens with zero attached hydrogens (tertiary/aromatic N) is 1. The topological polar surface area (TPSA) is 78.9 Å². The zero-order valence-corrected chi connectivity index (χ0v) is 15.9. The summed E-state index contributed by atoms with van der Waals surface area (Å²) in [5.41, 5.74) is 0. The SMILES string of the molecule is CCC(CC)C(=O)NC1CCN(C(=O)C(C)Oc2ccc(O)cc2)CC1. The molecule has 1 atom stereocenters. The molecule has 6 nitrogen and oxygen atoms in total. The highest BCUT2D eigenvalue weighted by Gasteiger charge is 2.28. The van der Waals surface area contributed by atoms with Crippen molar-refractivity contribution in [1.82, 2.24) is 10.2 Å². The average Bonchev–Trinajstić information content (AvgIpc) is 2.64. The molecule has 2 rings (SSSR count). The van der Waals surface area contributed by atoms with Gasteiger partial charge >= 0.3 is 0 Å². The quantitative estimate of drug-likeness (QED) is 0.782. The van der Waals surface area contributed by atoms with Gasteiger partial charge in [-0.2, -0.15) is 0 Å². The van der Waals surface area contributed by atoms with Crippen LogP contribution in [0.4, 0.5) is 0 Å². The lowest BCUT2D eigenvalue weighted by atomic mass is 9.99. The normalized spacial score (nSPS) is 16.4. The van der Waals surface area contributed by atoms with Crippen molar-refractivity contribution in [3.63, 3.8) is 0 Å². The number of phenolic OH excluding ortho intramolecular Hbond substituents is 1. The largest absolute Gasteiger partial charge is 0.508 e. The van der Waals surface area contributed by atoms with Gasteiger partial charge in [0.2, 0.25) is 5.91 Å². The van der Waals surface area contributed by atoms with E-state index in [1.54, 1.807) is 24.0 Å². The smallest absolute Gasteiger partial charge is 0.263 e. The Hall–Kier alpha value is -2.24. The Kier molecular flexibility index (Phi) is 7.30. The Labute approximate surface area is 155 Å². The molecule has 6 heteroatoms. The van der Waals surface area contributed by atoms with E-state index < -0.39 is 6.10 Å². The molecular formula is C20H30N2O4. The summed E-state index contributed by atoms with van der Waals surface area (Å²) in [6.07, 6.45) is 2.65. The minimum absolute atomic E-state index is 0.0529. The first kappa shape index (κ1) is 20.1. The van der Waals surface area contributed by atoms with E-state index in [1.165, 1.54) is 12.1 Å². The molecule has 1 aromatic carbocycles. The number of rotatable bonds is 7. The van der Waals surface area contributed by atoms with E-state index in [4.69, 9.17) is 4.74 Å². The Morgan fingerprint density at radius 2 is 1.77 bits per heavy atom. The van der Waals surface area contributed by atoms with Crippen molar-refractivity contribution in [2.45, 2.75) is 58.6 Å². The maximum Gasteiger partial charge on any atom is 0.263 e. The van der Waals surface area contributed by atoms with Crippen molar-refractivity contribution >= 4 is 11.8 Å². The molecule has 1 aliphatic heterocycles. The molecule has 0 aromatic heterocycles. The lowest BCUT2D eigenvalue weighted by molar-refractivity contribution is -0.139. The third-order valence-electron chi connectivity index (χ3n) is 5.01. The highest BCUT2D eigenvalue weighted by atomic mass is 16.5. The van der Waals surface area contributed by atoms with Crippen LogP contribution in [0.3, 0.4) is 0 Å². The number of carbonyl (C=O) groups is 2. The molecule has 0 bridgehead atoms. The number of hydrogen-bond acceptors (Lipinski definition) is 4. The molecule has 144 valence electrons. The van der Waals surface area contributed by atoms with Gasteiger partial charge < -0.3 is 20.1 Å². The van der Waals surface area contributed by atoms with Gasteiger partial charge in [-0.3, -0.25) is 9.59 Å². The summed E-state index contributed by atoms with van der Waals surface area (Å²) in [6.45, 7) is 7.04. The summed E-state index contributed by atoms with van der Waals surface area (Å²) < 4.78 is 5.66. The molecule has 1 heterocycles. The number of piperidine rings is 1. The number of nitrogens with one attached hydrogen (secondary N) is 1. The number of carbonyl (C=O) groups excluding carboxylic acids is 2. The average molecular weight is 362 g/mol. The van der Waals surface area contributed by atoms with Crippen LogP contribution in [-0.4, -0.2) is 47.1 Å². The van der Waals surface area contributed by atoms with E-state index in [2.05, 4.69) is 5.32 Å².